The number of aromatic amines is 1. The number of amides is 1. The number of H-pyrrole nitrogens is 1. The zero-order chi connectivity index (χ0) is 13.2. The van der Waals surface area contributed by atoms with E-state index < -0.39 is 0 Å². The second-order valence-corrected chi connectivity index (χ2v) is 6.03. The van der Waals surface area contributed by atoms with Gasteiger partial charge in [-0.25, -0.2) is 4.98 Å². The van der Waals surface area contributed by atoms with E-state index in [0.29, 0.717) is 18.9 Å². The smallest absolute Gasteiger partial charge is 0.220 e. The maximum Gasteiger partial charge on any atom is 0.220 e. The first-order chi connectivity index (χ1) is 9.22. The van der Waals surface area contributed by atoms with E-state index in [9.17, 15) is 4.79 Å². The summed E-state index contributed by atoms with van der Waals surface area (Å²) < 4.78 is 0.971. The predicted octanol–water partition coefficient (Wildman–Crippen LogP) is 2.78. The van der Waals surface area contributed by atoms with Crippen molar-refractivity contribution in [2.75, 3.05) is 6.54 Å². The molecule has 0 spiro atoms. The van der Waals surface area contributed by atoms with Crippen LogP contribution in [0.1, 0.15) is 24.8 Å². The summed E-state index contributed by atoms with van der Waals surface area (Å²) in [4.78, 5) is 19.1. The molecule has 0 aliphatic heterocycles. The number of halogens is 1. The average Bonchev–Trinajstić information content (AvgIpc) is 3.10. The third kappa shape index (κ3) is 3.15. The van der Waals surface area contributed by atoms with Crippen molar-refractivity contribution in [3.63, 3.8) is 0 Å². The minimum absolute atomic E-state index is 0.182. The normalized spacial score (nSPS) is 14.8. The van der Waals surface area contributed by atoms with E-state index >= 15 is 0 Å². The molecule has 0 unspecified atom stereocenters. The molecule has 1 amide bonds. The number of hydrogen-bond donors (Lipinski definition) is 2. The van der Waals surface area contributed by atoms with Gasteiger partial charge in [0, 0.05) is 35.2 Å². The molecule has 19 heavy (non-hydrogen) atoms. The molecule has 4 nitrogen and oxygen atoms in total. The fourth-order valence-corrected chi connectivity index (χ4v) is 2.56. The zero-order valence-electron chi connectivity index (χ0n) is 10.6. The molecular weight excluding hydrogens is 306 g/mol. The molecule has 1 aliphatic carbocycles. The highest BCUT2D eigenvalue weighted by molar-refractivity contribution is 9.10. The van der Waals surface area contributed by atoms with Gasteiger partial charge < -0.3 is 10.3 Å². The molecule has 0 aromatic carbocycles. The van der Waals surface area contributed by atoms with Gasteiger partial charge in [-0.05, 0) is 52.7 Å². The first kappa shape index (κ1) is 12.7. The zero-order valence-corrected chi connectivity index (χ0v) is 12.2. The lowest BCUT2D eigenvalue weighted by Crippen LogP contribution is -2.25. The maximum absolute atomic E-state index is 11.6. The number of carbonyl (C=O) groups is 1. The van der Waals surface area contributed by atoms with Crippen molar-refractivity contribution in [3.05, 3.63) is 28.5 Å². The van der Waals surface area contributed by atoms with Gasteiger partial charge >= 0.3 is 0 Å². The predicted molar refractivity (Wildman–Crippen MR) is 77.8 cm³/mol. The van der Waals surface area contributed by atoms with Gasteiger partial charge in [-0.2, -0.15) is 0 Å². The highest BCUT2D eigenvalue weighted by Crippen LogP contribution is 2.32. The van der Waals surface area contributed by atoms with Crippen LogP contribution in [0.3, 0.4) is 0 Å². The number of nitrogens with zero attached hydrogens (tertiary/aromatic N) is 1. The summed E-state index contributed by atoms with van der Waals surface area (Å²) in [6.07, 6.45) is 7.71. The molecule has 2 aromatic rings. The van der Waals surface area contributed by atoms with Gasteiger partial charge in [0.1, 0.15) is 5.65 Å². The van der Waals surface area contributed by atoms with Crippen molar-refractivity contribution < 1.29 is 4.79 Å². The van der Waals surface area contributed by atoms with Gasteiger partial charge in [-0.1, -0.05) is 0 Å². The summed E-state index contributed by atoms with van der Waals surface area (Å²) in [5, 5.41) is 4.10. The minimum Gasteiger partial charge on any atom is -0.356 e. The molecule has 100 valence electrons. The van der Waals surface area contributed by atoms with E-state index in [4.69, 9.17) is 0 Å². The highest BCUT2D eigenvalue weighted by Gasteiger charge is 2.23. The molecule has 0 saturated heterocycles. The first-order valence-electron chi connectivity index (χ1n) is 6.60. The Kier molecular flexibility index (Phi) is 3.55. The van der Waals surface area contributed by atoms with Crippen LogP contribution in [-0.4, -0.2) is 22.4 Å². The number of nitrogens with one attached hydrogen (secondary N) is 2. The van der Waals surface area contributed by atoms with Gasteiger partial charge in [-0.3, -0.25) is 4.79 Å². The Bertz CT molecular complexity index is 604. The topological polar surface area (TPSA) is 57.8 Å². The van der Waals surface area contributed by atoms with Crippen LogP contribution in [0.5, 0.6) is 0 Å². The molecule has 1 saturated carbocycles. The summed E-state index contributed by atoms with van der Waals surface area (Å²) in [7, 11) is 0. The number of aromatic nitrogens is 2. The molecule has 0 radical (unpaired) electrons. The van der Waals surface area contributed by atoms with Crippen molar-refractivity contribution in [2.24, 2.45) is 5.92 Å². The Morgan fingerprint density at radius 1 is 1.53 bits per heavy atom. The lowest BCUT2D eigenvalue weighted by molar-refractivity contribution is -0.121. The fraction of sp³-hybridized carbons (Fsp3) is 0.429. The molecule has 2 heterocycles. The van der Waals surface area contributed by atoms with Crippen molar-refractivity contribution >= 4 is 32.9 Å². The van der Waals surface area contributed by atoms with Crippen molar-refractivity contribution in [1.82, 2.24) is 15.3 Å². The summed E-state index contributed by atoms with van der Waals surface area (Å²) in [6.45, 7) is 0.686. The van der Waals surface area contributed by atoms with Crippen LogP contribution in [0.25, 0.3) is 11.0 Å². The Labute approximate surface area is 120 Å². The van der Waals surface area contributed by atoms with Gasteiger partial charge in [-0.15, -0.1) is 0 Å². The van der Waals surface area contributed by atoms with E-state index in [1.807, 2.05) is 6.20 Å². The molecule has 2 N–H and O–H groups in total. The average molecular weight is 322 g/mol. The Balaban J connectivity index is 1.58. The number of carbonyl (C=O) groups excluding carboxylic acids is 1. The Hall–Kier alpha value is -1.36. The fourth-order valence-electron chi connectivity index (χ4n) is 2.23. The van der Waals surface area contributed by atoms with Gasteiger partial charge in [0.05, 0.1) is 0 Å². The van der Waals surface area contributed by atoms with Crippen LogP contribution in [0.15, 0.2) is 22.9 Å². The molecule has 0 bridgehead atoms. The molecular formula is C14H16BrN3O. The van der Waals surface area contributed by atoms with Gasteiger partial charge in [0.2, 0.25) is 5.91 Å². The van der Waals surface area contributed by atoms with E-state index in [1.54, 1.807) is 6.20 Å². The molecule has 3 rings (SSSR count). The third-order valence-corrected chi connectivity index (χ3v) is 3.90. The number of hydrogen-bond acceptors (Lipinski definition) is 2. The minimum atomic E-state index is 0.182. The number of fused-ring (bicyclic) bond motifs is 1. The molecule has 5 heteroatoms. The monoisotopic (exact) mass is 321 g/mol. The van der Waals surface area contributed by atoms with Crippen molar-refractivity contribution in [1.29, 1.82) is 0 Å². The van der Waals surface area contributed by atoms with Crippen LogP contribution < -0.4 is 5.32 Å². The van der Waals surface area contributed by atoms with Crippen molar-refractivity contribution in [3.8, 4) is 0 Å². The van der Waals surface area contributed by atoms with Crippen LogP contribution in [-0.2, 0) is 11.2 Å². The molecule has 0 atom stereocenters. The SMILES string of the molecule is O=C(CC1CC1)NCCc1c[nH]c2ncc(Br)cc12. The van der Waals surface area contributed by atoms with Crippen LogP contribution in [0, 0.1) is 5.92 Å². The number of rotatable bonds is 5. The Morgan fingerprint density at radius 2 is 2.37 bits per heavy atom. The standard InChI is InChI=1S/C14H16BrN3O/c15-11-6-12-10(7-17-14(12)18-8-11)3-4-16-13(19)5-9-1-2-9/h6-9H,1-5H2,(H,16,19)(H,17,18). The highest BCUT2D eigenvalue weighted by atomic mass is 79.9. The molecule has 2 aromatic heterocycles. The lowest BCUT2D eigenvalue weighted by Gasteiger charge is -2.04. The first-order valence-corrected chi connectivity index (χ1v) is 7.40. The lowest BCUT2D eigenvalue weighted by atomic mass is 10.1. The summed E-state index contributed by atoms with van der Waals surface area (Å²) in [5.74, 6) is 0.829. The summed E-state index contributed by atoms with van der Waals surface area (Å²) in [5.41, 5.74) is 2.08. The van der Waals surface area contributed by atoms with Crippen molar-refractivity contribution in [2.45, 2.75) is 25.7 Å². The van der Waals surface area contributed by atoms with E-state index in [-0.39, 0.29) is 5.91 Å². The molecule has 1 fully saturated rings. The largest absolute Gasteiger partial charge is 0.356 e. The van der Waals surface area contributed by atoms with Gasteiger partial charge in [0.15, 0.2) is 0 Å². The third-order valence-electron chi connectivity index (χ3n) is 3.47. The number of pyridine rings is 1. The van der Waals surface area contributed by atoms with E-state index in [1.165, 1.54) is 18.4 Å². The molecule has 1 aliphatic rings. The van der Waals surface area contributed by atoms with Crippen LogP contribution >= 0.6 is 15.9 Å². The van der Waals surface area contributed by atoms with Gasteiger partial charge in [0.25, 0.3) is 0 Å². The van der Waals surface area contributed by atoms with Crippen LogP contribution in [0.2, 0.25) is 0 Å². The van der Waals surface area contributed by atoms with Crippen LogP contribution in [0.4, 0.5) is 0 Å². The summed E-state index contributed by atoms with van der Waals surface area (Å²) >= 11 is 3.43. The van der Waals surface area contributed by atoms with E-state index in [2.05, 4.69) is 37.3 Å². The maximum atomic E-state index is 11.6. The second kappa shape index (κ2) is 5.33. The summed E-state index contributed by atoms with van der Waals surface area (Å²) in [6, 6.07) is 2.06. The second-order valence-electron chi connectivity index (χ2n) is 5.11. The Morgan fingerprint density at radius 3 is 3.16 bits per heavy atom. The van der Waals surface area contributed by atoms with E-state index in [0.717, 1.165) is 21.9 Å². The quantitative estimate of drug-likeness (QED) is 0.889.